The Morgan fingerprint density at radius 2 is 1.82 bits per heavy atom. The molecule has 1 saturated heterocycles. The number of hydrogen-bond donors (Lipinski definition) is 2. The predicted octanol–water partition coefficient (Wildman–Crippen LogP) is 4.75. The number of Topliss-reactive ketones (excluding diaryl/α,β-unsaturated/α-hetero) is 1. The van der Waals surface area contributed by atoms with E-state index >= 15 is 8.78 Å². The third-order valence-electron chi connectivity index (χ3n) is 7.82. The first-order valence-electron chi connectivity index (χ1n) is 13.5. The summed E-state index contributed by atoms with van der Waals surface area (Å²) in [7, 11) is 0. The van der Waals surface area contributed by atoms with Crippen LogP contribution in [0.3, 0.4) is 0 Å². The minimum Gasteiger partial charge on any atom is -0.490 e. The van der Waals surface area contributed by atoms with Gasteiger partial charge in [0.05, 0.1) is 24.9 Å². The highest BCUT2D eigenvalue weighted by molar-refractivity contribution is 5.96. The number of hydrogen-bond acceptors (Lipinski definition) is 7. The summed E-state index contributed by atoms with van der Waals surface area (Å²) in [5.41, 5.74) is 6.32. The topological polar surface area (TPSA) is 108 Å². The molecule has 2 aromatic heterocycles. The van der Waals surface area contributed by atoms with Crippen LogP contribution < -0.4 is 10.5 Å². The van der Waals surface area contributed by atoms with Crippen molar-refractivity contribution in [3.8, 4) is 17.0 Å². The number of benzene rings is 1. The standard InChI is InChI=1S/C30H32F3N3O4/c1-16-10-17(11-25(34)30(16)38)21-4-7-35-15-18(21)12-27(37)26-3-2-22(31)29(36-26)28-23(32)13-20(14-24(28)33)40-19-5-8-39-9-6-19/h2-4,7,13-17,19,25,30,38H,5-6,8-12,34H2,1H3/t16-,17+,25+,30-/m0/s1. The molecule has 0 amide bonds. The van der Waals surface area contributed by atoms with Crippen LogP contribution in [-0.4, -0.2) is 52.3 Å². The summed E-state index contributed by atoms with van der Waals surface area (Å²) in [6, 6.07) is 5.63. The average Bonchev–Trinajstić information content (AvgIpc) is 2.93. The van der Waals surface area contributed by atoms with Crippen molar-refractivity contribution >= 4 is 5.78 Å². The van der Waals surface area contributed by atoms with Gasteiger partial charge in [-0.05, 0) is 54.0 Å². The third kappa shape index (κ3) is 6.04. The summed E-state index contributed by atoms with van der Waals surface area (Å²) < 4.78 is 55.9. The Hall–Kier alpha value is -3.34. The van der Waals surface area contributed by atoms with Gasteiger partial charge in [-0.25, -0.2) is 18.2 Å². The summed E-state index contributed by atoms with van der Waals surface area (Å²) in [6.07, 6.45) is 4.77. The van der Waals surface area contributed by atoms with Crippen molar-refractivity contribution in [2.24, 2.45) is 11.7 Å². The van der Waals surface area contributed by atoms with Crippen LogP contribution in [0, 0.1) is 23.4 Å². The fourth-order valence-corrected chi connectivity index (χ4v) is 5.68. The highest BCUT2D eigenvalue weighted by Gasteiger charge is 2.34. The van der Waals surface area contributed by atoms with Crippen molar-refractivity contribution < 1.29 is 32.5 Å². The quantitative estimate of drug-likeness (QED) is 0.406. The van der Waals surface area contributed by atoms with E-state index in [-0.39, 0.29) is 41.8 Å². The summed E-state index contributed by atoms with van der Waals surface area (Å²) in [4.78, 5) is 21.5. The van der Waals surface area contributed by atoms with Crippen molar-refractivity contribution in [3.63, 3.8) is 0 Å². The third-order valence-corrected chi connectivity index (χ3v) is 7.82. The van der Waals surface area contributed by atoms with Gasteiger partial charge >= 0.3 is 0 Å². The molecule has 0 radical (unpaired) electrons. The molecule has 40 heavy (non-hydrogen) atoms. The number of carbonyl (C=O) groups is 1. The van der Waals surface area contributed by atoms with E-state index in [1.54, 1.807) is 12.4 Å². The van der Waals surface area contributed by atoms with Crippen molar-refractivity contribution in [1.29, 1.82) is 0 Å². The molecule has 10 heteroatoms. The first-order valence-corrected chi connectivity index (χ1v) is 13.5. The molecule has 2 aliphatic rings. The number of ether oxygens (including phenoxy) is 2. The Morgan fingerprint density at radius 1 is 1.10 bits per heavy atom. The highest BCUT2D eigenvalue weighted by atomic mass is 19.1. The molecule has 1 aliphatic heterocycles. The number of carbonyl (C=O) groups excluding carboxylic acids is 1. The minimum atomic E-state index is -1.04. The highest BCUT2D eigenvalue weighted by Crippen LogP contribution is 2.37. The number of rotatable bonds is 7. The summed E-state index contributed by atoms with van der Waals surface area (Å²) in [6.45, 7) is 2.94. The first-order chi connectivity index (χ1) is 19.2. The molecule has 2 fully saturated rings. The largest absolute Gasteiger partial charge is 0.490 e. The Kier molecular flexibility index (Phi) is 8.48. The van der Waals surface area contributed by atoms with E-state index in [4.69, 9.17) is 15.2 Å². The second kappa shape index (κ2) is 12.0. The molecule has 4 atom stereocenters. The van der Waals surface area contributed by atoms with Crippen LogP contribution in [0.2, 0.25) is 0 Å². The molecule has 7 nitrogen and oxygen atoms in total. The second-order valence-electron chi connectivity index (χ2n) is 10.7. The van der Waals surface area contributed by atoms with E-state index in [0.717, 1.165) is 23.8 Å². The monoisotopic (exact) mass is 555 g/mol. The van der Waals surface area contributed by atoms with Crippen molar-refractivity contribution in [3.05, 3.63) is 77.0 Å². The van der Waals surface area contributed by atoms with Gasteiger partial charge in [0.2, 0.25) is 0 Å². The number of aliphatic hydroxyl groups is 1. The van der Waals surface area contributed by atoms with Crippen LogP contribution in [0.1, 0.15) is 60.1 Å². The summed E-state index contributed by atoms with van der Waals surface area (Å²) >= 11 is 0. The maximum atomic E-state index is 15.1. The smallest absolute Gasteiger partial charge is 0.185 e. The van der Waals surface area contributed by atoms with Crippen LogP contribution in [0.15, 0.2) is 42.7 Å². The summed E-state index contributed by atoms with van der Waals surface area (Å²) in [5, 5.41) is 10.2. The van der Waals surface area contributed by atoms with Gasteiger partial charge in [-0.2, -0.15) is 0 Å². The number of pyridine rings is 2. The molecule has 1 saturated carbocycles. The van der Waals surface area contributed by atoms with E-state index in [1.807, 2.05) is 13.0 Å². The Morgan fingerprint density at radius 3 is 2.52 bits per heavy atom. The van der Waals surface area contributed by atoms with E-state index < -0.39 is 40.6 Å². The predicted molar refractivity (Wildman–Crippen MR) is 141 cm³/mol. The fraction of sp³-hybridized carbons (Fsp3) is 0.433. The normalized spacial score (nSPS) is 23.6. The lowest BCUT2D eigenvalue weighted by atomic mass is 9.74. The molecule has 3 aromatic rings. The molecule has 3 heterocycles. The Bertz CT molecular complexity index is 1350. The van der Waals surface area contributed by atoms with Crippen molar-refractivity contribution in [1.82, 2.24) is 9.97 Å². The van der Waals surface area contributed by atoms with E-state index in [2.05, 4.69) is 9.97 Å². The van der Waals surface area contributed by atoms with Crippen LogP contribution in [0.5, 0.6) is 5.75 Å². The maximum absolute atomic E-state index is 15.1. The zero-order valence-corrected chi connectivity index (χ0v) is 22.2. The molecular weight excluding hydrogens is 523 g/mol. The SMILES string of the molecule is C[C@H]1C[C@@H](c2ccncc2CC(=O)c2ccc(F)c(-c3c(F)cc(OC4CCOCC4)cc3F)n2)C[C@@H](N)[C@H]1O. The van der Waals surface area contributed by atoms with Gasteiger partial charge in [0.1, 0.15) is 40.7 Å². The van der Waals surface area contributed by atoms with Crippen LogP contribution in [-0.2, 0) is 11.2 Å². The average molecular weight is 556 g/mol. The lowest BCUT2D eigenvalue weighted by Crippen LogP contribution is -2.44. The lowest BCUT2D eigenvalue weighted by molar-refractivity contribution is 0.0253. The molecule has 0 unspecified atom stereocenters. The van der Waals surface area contributed by atoms with Gasteiger partial charge < -0.3 is 20.3 Å². The zero-order valence-electron chi connectivity index (χ0n) is 22.2. The number of aromatic nitrogens is 2. The van der Waals surface area contributed by atoms with Gasteiger partial charge in [-0.1, -0.05) is 6.92 Å². The molecule has 5 rings (SSSR count). The van der Waals surface area contributed by atoms with Gasteiger partial charge in [0.25, 0.3) is 0 Å². The van der Waals surface area contributed by atoms with Gasteiger partial charge in [-0.3, -0.25) is 9.78 Å². The number of aliphatic hydroxyl groups excluding tert-OH is 1. The molecule has 1 aromatic carbocycles. The minimum absolute atomic E-state index is 0.00772. The molecule has 212 valence electrons. The van der Waals surface area contributed by atoms with Crippen LogP contribution in [0.4, 0.5) is 13.2 Å². The Labute approximate surface area is 230 Å². The van der Waals surface area contributed by atoms with Crippen molar-refractivity contribution in [2.75, 3.05) is 13.2 Å². The number of halogens is 3. The zero-order chi connectivity index (χ0) is 28.4. The number of ketones is 1. The van der Waals surface area contributed by atoms with Crippen molar-refractivity contribution in [2.45, 2.75) is 63.2 Å². The molecule has 3 N–H and O–H groups in total. The van der Waals surface area contributed by atoms with Gasteiger partial charge in [0.15, 0.2) is 5.78 Å². The van der Waals surface area contributed by atoms with E-state index in [9.17, 15) is 14.3 Å². The summed E-state index contributed by atoms with van der Waals surface area (Å²) in [5.74, 6) is -3.49. The Balaban J connectivity index is 1.38. The fourth-order valence-electron chi connectivity index (χ4n) is 5.68. The van der Waals surface area contributed by atoms with E-state index in [0.29, 0.717) is 44.5 Å². The first kappa shape index (κ1) is 28.2. The van der Waals surface area contributed by atoms with Crippen LogP contribution >= 0.6 is 0 Å². The van der Waals surface area contributed by atoms with Crippen LogP contribution in [0.25, 0.3) is 11.3 Å². The number of nitrogens with zero attached hydrogens (tertiary/aromatic N) is 2. The molecular formula is C30H32F3N3O4. The number of nitrogens with two attached hydrogens (primary N) is 1. The lowest BCUT2D eigenvalue weighted by Gasteiger charge is -2.36. The van der Waals surface area contributed by atoms with E-state index in [1.165, 1.54) is 6.07 Å². The van der Waals surface area contributed by atoms with Gasteiger partial charge in [-0.15, -0.1) is 0 Å². The second-order valence-corrected chi connectivity index (χ2v) is 10.7. The maximum Gasteiger partial charge on any atom is 0.185 e. The molecule has 0 spiro atoms. The molecule has 0 bridgehead atoms. The molecule has 1 aliphatic carbocycles. The van der Waals surface area contributed by atoms with Gasteiger partial charge in [0, 0.05) is 49.8 Å².